The van der Waals surface area contributed by atoms with E-state index < -0.39 is 6.10 Å². The lowest BCUT2D eigenvalue weighted by molar-refractivity contribution is 0.133. The Bertz CT molecular complexity index is 380. The summed E-state index contributed by atoms with van der Waals surface area (Å²) in [6.45, 7) is 10.6. The molecule has 18 heavy (non-hydrogen) atoms. The maximum atomic E-state index is 10.2. The van der Waals surface area contributed by atoms with E-state index in [0.29, 0.717) is 30.5 Å². The van der Waals surface area contributed by atoms with Crippen molar-refractivity contribution in [2.24, 2.45) is 5.92 Å². The highest BCUT2D eigenvalue weighted by atomic mass is 16.3. The summed E-state index contributed by atoms with van der Waals surface area (Å²) in [5, 5.41) is 23.6. The molecule has 0 amide bonds. The molecule has 0 aliphatic rings. The smallest absolute Gasteiger partial charge is 0.156 e. The second-order valence-corrected chi connectivity index (χ2v) is 6.14. The van der Waals surface area contributed by atoms with Crippen LogP contribution >= 0.6 is 0 Å². The molecule has 0 spiro atoms. The Labute approximate surface area is 109 Å². The first-order valence-corrected chi connectivity index (χ1v) is 6.49. The molecule has 0 saturated carbocycles. The Morgan fingerprint density at radius 1 is 1.28 bits per heavy atom. The Hall–Kier alpha value is -0.940. The number of aromatic nitrogens is 3. The van der Waals surface area contributed by atoms with Crippen LogP contribution in [0.1, 0.15) is 58.8 Å². The van der Waals surface area contributed by atoms with Gasteiger partial charge in [-0.15, -0.1) is 0 Å². The van der Waals surface area contributed by atoms with Crippen molar-refractivity contribution in [1.82, 2.24) is 14.8 Å². The van der Waals surface area contributed by atoms with Crippen molar-refractivity contribution in [3.05, 3.63) is 11.6 Å². The fourth-order valence-electron chi connectivity index (χ4n) is 1.73. The molecule has 0 radical (unpaired) electrons. The molecule has 0 aliphatic carbocycles. The van der Waals surface area contributed by atoms with Crippen LogP contribution < -0.4 is 0 Å². The summed E-state index contributed by atoms with van der Waals surface area (Å²) in [5.74, 6) is 1.65. The maximum absolute atomic E-state index is 10.2. The molecule has 0 fully saturated rings. The van der Waals surface area contributed by atoms with E-state index >= 15 is 0 Å². The average Bonchev–Trinajstić information content (AvgIpc) is 2.60. The predicted octanol–water partition coefficient (Wildman–Crippen LogP) is 1.65. The van der Waals surface area contributed by atoms with Gasteiger partial charge < -0.3 is 10.2 Å². The van der Waals surface area contributed by atoms with E-state index in [9.17, 15) is 5.11 Å². The van der Waals surface area contributed by atoms with Crippen LogP contribution in [0.5, 0.6) is 0 Å². The van der Waals surface area contributed by atoms with Crippen LogP contribution in [0.15, 0.2) is 0 Å². The van der Waals surface area contributed by atoms with Gasteiger partial charge in [0.05, 0.1) is 13.2 Å². The lowest BCUT2D eigenvalue weighted by Crippen LogP contribution is -2.15. The van der Waals surface area contributed by atoms with Gasteiger partial charge in [-0.25, -0.2) is 9.67 Å². The van der Waals surface area contributed by atoms with Crippen LogP contribution in [0.4, 0.5) is 0 Å². The SMILES string of the molecule is CC(C)C[C@@H](O)c1nc(C(C)(C)C)nn1CCO. The number of rotatable bonds is 5. The van der Waals surface area contributed by atoms with Crippen LogP contribution in [0.25, 0.3) is 0 Å². The summed E-state index contributed by atoms with van der Waals surface area (Å²) >= 11 is 0. The number of aliphatic hydroxyl groups excluding tert-OH is 2. The molecular weight excluding hydrogens is 230 g/mol. The number of hydrogen-bond donors (Lipinski definition) is 2. The van der Waals surface area contributed by atoms with E-state index in [1.807, 2.05) is 20.8 Å². The van der Waals surface area contributed by atoms with Gasteiger partial charge in [0.15, 0.2) is 11.6 Å². The normalized spacial score (nSPS) is 14.2. The van der Waals surface area contributed by atoms with Crippen LogP contribution in [-0.2, 0) is 12.0 Å². The van der Waals surface area contributed by atoms with E-state index in [0.717, 1.165) is 0 Å². The van der Waals surface area contributed by atoms with Crippen molar-refractivity contribution in [3.8, 4) is 0 Å². The molecule has 2 N–H and O–H groups in total. The summed E-state index contributed by atoms with van der Waals surface area (Å²) in [7, 11) is 0. The van der Waals surface area contributed by atoms with Crippen molar-refractivity contribution in [1.29, 1.82) is 0 Å². The van der Waals surface area contributed by atoms with Crippen molar-refractivity contribution in [2.75, 3.05) is 6.61 Å². The Balaban J connectivity index is 3.04. The summed E-state index contributed by atoms with van der Waals surface area (Å²) in [6.07, 6.45) is 0.0217. The van der Waals surface area contributed by atoms with Gasteiger partial charge in [-0.3, -0.25) is 0 Å². The third-order valence-electron chi connectivity index (χ3n) is 2.68. The molecular formula is C13H25N3O2. The molecule has 1 rings (SSSR count). The molecule has 0 unspecified atom stereocenters. The van der Waals surface area contributed by atoms with Crippen LogP contribution in [0.2, 0.25) is 0 Å². The first-order valence-electron chi connectivity index (χ1n) is 6.49. The minimum atomic E-state index is -0.625. The summed E-state index contributed by atoms with van der Waals surface area (Å²) < 4.78 is 1.62. The minimum absolute atomic E-state index is 0.00561. The van der Waals surface area contributed by atoms with E-state index in [-0.39, 0.29) is 12.0 Å². The highest BCUT2D eigenvalue weighted by molar-refractivity contribution is 5.05. The van der Waals surface area contributed by atoms with Crippen LogP contribution in [0.3, 0.4) is 0 Å². The van der Waals surface area contributed by atoms with Crippen molar-refractivity contribution < 1.29 is 10.2 Å². The van der Waals surface area contributed by atoms with Gasteiger partial charge >= 0.3 is 0 Å². The summed E-state index contributed by atoms with van der Waals surface area (Å²) in [4.78, 5) is 4.44. The first-order chi connectivity index (χ1) is 8.25. The van der Waals surface area contributed by atoms with E-state index in [1.165, 1.54) is 0 Å². The molecule has 1 atom stereocenters. The standard InChI is InChI=1S/C13H25N3O2/c1-9(2)8-10(18)11-14-12(13(3,4)5)15-16(11)6-7-17/h9-10,17-18H,6-8H2,1-5H3/t10-/m1/s1. The molecule has 5 nitrogen and oxygen atoms in total. The quantitative estimate of drug-likeness (QED) is 0.839. The van der Waals surface area contributed by atoms with Gasteiger partial charge in [0.2, 0.25) is 0 Å². The first kappa shape index (κ1) is 15.1. The number of aliphatic hydroxyl groups is 2. The third kappa shape index (κ3) is 3.78. The van der Waals surface area contributed by atoms with Crippen molar-refractivity contribution in [2.45, 2.75) is 59.1 Å². The second kappa shape index (κ2) is 5.80. The molecule has 0 aliphatic heterocycles. The topological polar surface area (TPSA) is 71.2 Å². The molecule has 5 heteroatoms. The van der Waals surface area contributed by atoms with Crippen LogP contribution in [0, 0.1) is 5.92 Å². The van der Waals surface area contributed by atoms with Gasteiger partial charge in [-0.05, 0) is 12.3 Å². The highest BCUT2D eigenvalue weighted by Gasteiger charge is 2.25. The monoisotopic (exact) mass is 255 g/mol. The van der Waals surface area contributed by atoms with Gasteiger partial charge in [-0.1, -0.05) is 34.6 Å². The summed E-state index contributed by atoms with van der Waals surface area (Å²) in [6, 6.07) is 0. The molecule has 1 heterocycles. The molecule has 0 aromatic carbocycles. The molecule has 0 saturated heterocycles. The Morgan fingerprint density at radius 3 is 2.33 bits per heavy atom. The van der Waals surface area contributed by atoms with E-state index in [2.05, 4.69) is 23.9 Å². The zero-order valence-electron chi connectivity index (χ0n) is 12.0. The lowest BCUT2D eigenvalue weighted by atomic mass is 9.96. The number of nitrogens with zero attached hydrogens (tertiary/aromatic N) is 3. The van der Waals surface area contributed by atoms with Gasteiger partial charge in [0.1, 0.15) is 6.10 Å². The van der Waals surface area contributed by atoms with Crippen LogP contribution in [-0.4, -0.2) is 31.6 Å². The lowest BCUT2D eigenvalue weighted by Gasteiger charge is -2.13. The fraction of sp³-hybridized carbons (Fsp3) is 0.846. The maximum Gasteiger partial charge on any atom is 0.156 e. The van der Waals surface area contributed by atoms with E-state index in [1.54, 1.807) is 4.68 Å². The molecule has 1 aromatic rings. The molecule has 1 aromatic heterocycles. The highest BCUT2D eigenvalue weighted by Crippen LogP contribution is 2.24. The third-order valence-corrected chi connectivity index (χ3v) is 2.68. The van der Waals surface area contributed by atoms with E-state index in [4.69, 9.17) is 5.11 Å². The minimum Gasteiger partial charge on any atom is -0.394 e. The summed E-state index contributed by atoms with van der Waals surface area (Å²) in [5.41, 5.74) is -0.160. The number of hydrogen-bond acceptors (Lipinski definition) is 4. The Kier molecular flexibility index (Phi) is 4.87. The molecule has 0 bridgehead atoms. The Morgan fingerprint density at radius 2 is 1.89 bits per heavy atom. The zero-order chi connectivity index (χ0) is 13.9. The van der Waals surface area contributed by atoms with Crippen molar-refractivity contribution >= 4 is 0 Å². The van der Waals surface area contributed by atoms with Gasteiger partial charge in [0.25, 0.3) is 0 Å². The largest absolute Gasteiger partial charge is 0.394 e. The second-order valence-electron chi connectivity index (χ2n) is 6.14. The molecule has 104 valence electrons. The van der Waals surface area contributed by atoms with Gasteiger partial charge in [0, 0.05) is 5.41 Å². The fourth-order valence-corrected chi connectivity index (χ4v) is 1.73. The predicted molar refractivity (Wildman–Crippen MR) is 70.2 cm³/mol. The average molecular weight is 255 g/mol. The zero-order valence-corrected chi connectivity index (χ0v) is 12.0. The van der Waals surface area contributed by atoms with Crippen molar-refractivity contribution in [3.63, 3.8) is 0 Å². The van der Waals surface area contributed by atoms with Gasteiger partial charge in [-0.2, -0.15) is 5.10 Å².